The Morgan fingerprint density at radius 1 is 1.44 bits per heavy atom. The van der Waals surface area contributed by atoms with Crippen LogP contribution >= 0.6 is 0 Å². The molecule has 2 rings (SSSR count). The van der Waals surface area contributed by atoms with Gasteiger partial charge in [0.1, 0.15) is 5.82 Å². The first kappa shape index (κ1) is 12.1. The van der Waals surface area contributed by atoms with Gasteiger partial charge in [0.05, 0.1) is 35.3 Å². The van der Waals surface area contributed by atoms with Crippen LogP contribution in [0.25, 0.3) is 0 Å². The van der Waals surface area contributed by atoms with E-state index in [9.17, 15) is 4.39 Å². The predicted octanol–water partition coefficient (Wildman–Crippen LogP) is 2.14. The maximum absolute atomic E-state index is 13.6. The Bertz CT molecular complexity index is 637. The Morgan fingerprint density at radius 2 is 2.17 bits per heavy atom. The molecule has 0 saturated heterocycles. The molecule has 0 fully saturated rings. The first-order chi connectivity index (χ1) is 8.52. The fraction of sp³-hybridized carbons (Fsp3) is 0.231. The number of rotatable bonds is 2. The van der Waals surface area contributed by atoms with Crippen LogP contribution < -0.4 is 5.73 Å². The molecule has 0 unspecified atom stereocenters. The zero-order valence-electron chi connectivity index (χ0n) is 10.2. The number of hydrogen-bond donors (Lipinski definition) is 1. The van der Waals surface area contributed by atoms with Crippen LogP contribution in [-0.2, 0) is 6.54 Å². The highest BCUT2D eigenvalue weighted by Crippen LogP contribution is 2.18. The fourth-order valence-corrected chi connectivity index (χ4v) is 1.79. The van der Waals surface area contributed by atoms with E-state index in [1.165, 1.54) is 18.2 Å². The molecule has 0 aliphatic rings. The minimum Gasteiger partial charge on any atom is -0.396 e. The third-order valence-corrected chi connectivity index (χ3v) is 2.93. The number of aryl methyl sites for hydroxylation is 1. The minimum atomic E-state index is -0.347. The summed E-state index contributed by atoms with van der Waals surface area (Å²) in [6.45, 7) is 3.91. The Labute approximate surface area is 104 Å². The van der Waals surface area contributed by atoms with Crippen LogP contribution in [0.4, 0.5) is 10.1 Å². The van der Waals surface area contributed by atoms with Crippen molar-refractivity contribution < 1.29 is 4.39 Å². The van der Waals surface area contributed by atoms with E-state index >= 15 is 0 Å². The van der Waals surface area contributed by atoms with Crippen LogP contribution in [0.2, 0.25) is 0 Å². The Hall–Kier alpha value is -2.35. The molecule has 0 bridgehead atoms. The van der Waals surface area contributed by atoms with E-state index in [0.717, 1.165) is 11.4 Å². The van der Waals surface area contributed by atoms with Crippen molar-refractivity contribution in [1.29, 1.82) is 5.26 Å². The number of hydrogen-bond acceptors (Lipinski definition) is 3. The lowest BCUT2D eigenvalue weighted by atomic mass is 10.1. The molecule has 0 amide bonds. The summed E-state index contributed by atoms with van der Waals surface area (Å²) in [4.78, 5) is 0. The third kappa shape index (κ3) is 2.05. The molecule has 0 spiro atoms. The third-order valence-electron chi connectivity index (χ3n) is 2.93. The molecule has 18 heavy (non-hydrogen) atoms. The quantitative estimate of drug-likeness (QED) is 0.880. The summed E-state index contributed by atoms with van der Waals surface area (Å²) in [6.07, 6.45) is 0. The van der Waals surface area contributed by atoms with Crippen molar-refractivity contribution in [2.24, 2.45) is 0 Å². The molecule has 92 valence electrons. The minimum absolute atomic E-state index is 0.269. The van der Waals surface area contributed by atoms with E-state index in [4.69, 9.17) is 11.0 Å². The van der Waals surface area contributed by atoms with Crippen molar-refractivity contribution in [2.75, 3.05) is 5.73 Å². The predicted molar refractivity (Wildman–Crippen MR) is 66.3 cm³/mol. The molecule has 4 nitrogen and oxygen atoms in total. The van der Waals surface area contributed by atoms with Crippen molar-refractivity contribution in [1.82, 2.24) is 9.78 Å². The Kier molecular flexibility index (Phi) is 3.02. The molecule has 2 N–H and O–H groups in total. The maximum Gasteiger partial charge on any atom is 0.128 e. The Balaban J connectivity index is 2.40. The summed E-state index contributed by atoms with van der Waals surface area (Å²) < 4.78 is 15.3. The zero-order valence-corrected chi connectivity index (χ0v) is 10.2. The Morgan fingerprint density at radius 3 is 2.72 bits per heavy atom. The molecule has 0 atom stereocenters. The standard InChI is InChI=1S/C13H13FN4/c1-8-13(16)9(2)18(17-8)7-11-5-10(6-15)3-4-12(11)14/h3-5H,7,16H2,1-2H3. The van der Waals surface area contributed by atoms with E-state index < -0.39 is 0 Å². The van der Waals surface area contributed by atoms with Crippen LogP contribution in [0.15, 0.2) is 18.2 Å². The lowest BCUT2D eigenvalue weighted by molar-refractivity contribution is 0.578. The van der Waals surface area contributed by atoms with E-state index in [1.807, 2.05) is 13.0 Å². The van der Waals surface area contributed by atoms with E-state index in [0.29, 0.717) is 16.8 Å². The molecule has 1 aromatic carbocycles. The second kappa shape index (κ2) is 4.49. The summed E-state index contributed by atoms with van der Waals surface area (Å²) in [6, 6.07) is 6.27. The molecule has 0 saturated carbocycles. The molecule has 5 heteroatoms. The number of nitrogens with zero attached hydrogens (tertiary/aromatic N) is 3. The highest BCUT2D eigenvalue weighted by atomic mass is 19.1. The van der Waals surface area contributed by atoms with Crippen LogP contribution in [0.5, 0.6) is 0 Å². The zero-order chi connectivity index (χ0) is 13.3. The number of nitrogens with two attached hydrogens (primary N) is 1. The van der Waals surface area contributed by atoms with Gasteiger partial charge in [0.25, 0.3) is 0 Å². The van der Waals surface area contributed by atoms with E-state index in [2.05, 4.69) is 5.10 Å². The molecular weight excluding hydrogens is 231 g/mol. The number of nitrogen functional groups attached to an aromatic ring is 1. The number of nitriles is 1. The normalized spacial score (nSPS) is 10.3. The van der Waals surface area contributed by atoms with Crippen LogP contribution in [-0.4, -0.2) is 9.78 Å². The molecular formula is C13H13FN4. The fourth-order valence-electron chi connectivity index (χ4n) is 1.79. The molecule has 0 aliphatic carbocycles. The van der Waals surface area contributed by atoms with Crippen molar-refractivity contribution in [3.63, 3.8) is 0 Å². The lowest BCUT2D eigenvalue weighted by Gasteiger charge is -2.06. The van der Waals surface area contributed by atoms with Gasteiger partial charge in [0.15, 0.2) is 0 Å². The lowest BCUT2D eigenvalue weighted by Crippen LogP contribution is -2.06. The number of aromatic nitrogens is 2. The first-order valence-electron chi connectivity index (χ1n) is 5.51. The van der Waals surface area contributed by atoms with E-state index in [1.54, 1.807) is 11.6 Å². The molecule has 1 aromatic heterocycles. The van der Waals surface area contributed by atoms with Gasteiger partial charge in [-0.15, -0.1) is 0 Å². The van der Waals surface area contributed by atoms with Gasteiger partial charge < -0.3 is 5.73 Å². The van der Waals surface area contributed by atoms with Crippen molar-refractivity contribution in [3.05, 3.63) is 46.5 Å². The summed E-state index contributed by atoms with van der Waals surface area (Å²) >= 11 is 0. The average molecular weight is 244 g/mol. The van der Waals surface area contributed by atoms with E-state index in [-0.39, 0.29) is 12.4 Å². The number of halogens is 1. The van der Waals surface area contributed by atoms with Crippen LogP contribution in [0, 0.1) is 31.0 Å². The van der Waals surface area contributed by atoms with Gasteiger partial charge in [-0.25, -0.2) is 4.39 Å². The van der Waals surface area contributed by atoms with Gasteiger partial charge in [-0.1, -0.05) is 0 Å². The van der Waals surface area contributed by atoms with Gasteiger partial charge in [-0.3, -0.25) is 4.68 Å². The topological polar surface area (TPSA) is 67.6 Å². The second-order valence-corrected chi connectivity index (χ2v) is 4.16. The van der Waals surface area contributed by atoms with Crippen molar-refractivity contribution >= 4 is 5.69 Å². The van der Waals surface area contributed by atoms with Gasteiger partial charge in [0.2, 0.25) is 0 Å². The average Bonchev–Trinajstić information content (AvgIpc) is 2.60. The summed E-state index contributed by atoms with van der Waals surface area (Å²) in [5, 5.41) is 13.1. The van der Waals surface area contributed by atoms with Crippen LogP contribution in [0.1, 0.15) is 22.5 Å². The second-order valence-electron chi connectivity index (χ2n) is 4.16. The summed E-state index contributed by atoms with van der Waals surface area (Å²) in [7, 11) is 0. The number of anilines is 1. The summed E-state index contributed by atoms with van der Waals surface area (Å²) in [5.74, 6) is -0.347. The van der Waals surface area contributed by atoms with Gasteiger partial charge in [0, 0.05) is 5.56 Å². The SMILES string of the molecule is Cc1nn(Cc2cc(C#N)ccc2F)c(C)c1N. The first-order valence-corrected chi connectivity index (χ1v) is 5.51. The molecule has 1 heterocycles. The van der Waals surface area contributed by atoms with Gasteiger partial charge in [-0.2, -0.15) is 10.4 Å². The highest BCUT2D eigenvalue weighted by Gasteiger charge is 2.11. The van der Waals surface area contributed by atoms with Crippen molar-refractivity contribution in [2.45, 2.75) is 20.4 Å². The maximum atomic E-state index is 13.6. The monoisotopic (exact) mass is 244 g/mol. The highest BCUT2D eigenvalue weighted by molar-refractivity contribution is 5.47. The molecule has 0 radical (unpaired) electrons. The van der Waals surface area contributed by atoms with Gasteiger partial charge >= 0.3 is 0 Å². The smallest absolute Gasteiger partial charge is 0.128 e. The van der Waals surface area contributed by atoms with Gasteiger partial charge in [-0.05, 0) is 32.0 Å². The van der Waals surface area contributed by atoms with Crippen LogP contribution in [0.3, 0.4) is 0 Å². The molecule has 0 aliphatic heterocycles. The largest absolute Gasteiger partial charge is 0.396 e. The van der Waals surface area contributed by atoms with Crippen molar-refractivity contribution in [3.8, 4) is 6.07 Å². The molecule has 2 aromatic rings. The summed E-state index contributed by atoms with van der Waals surface area (Å²) in [5.41, 5.74) is 8.83. The number of benzene rings is 1.